The minimum absolute atomic E-state index is 0.292. The second kappa shape index (κ2) is 7.43. The number of nitrogens with one attached hydrogen (secondary N) is 1. The summed E-state index contributed by atoms with van der Waals surface area (Å²) >= 11 is 0. The molecule has 3 nitrogen and oxygen atoms in total. The molecule has 0 spiro atoms. The van der Waals surface area contributed by atoms with Crippen molar-refractivity contribution >= 4 is 5.96 Å². The maximum atomic E-state index is 12.3. The van der Waals surface area contributed by atoms with E-state index in [0.717, 1.165) is 18.6 Å². The number of hydrogen-bond acceptors (Lipinski definition) is 1. The molecule has 3 N–H and O–H groups in total. The van der Waals surface area contributed by atoms with Gasteiger partial charge in [0.15, 0.2) is 5.96 Å². The maximum Gasteiger partial charge on any atom is 0.416 e. The van der Waals surface area contributed by atoms with Gasteiger partial charge in [0, 0.05) is 12.1 Å². The number of nitrogens with zero attached hydrogens (tertiary/aromatic N) is 1. The average molecular weight is 283 g/mol. The standard InChI is InChI=1S/C14H16F3N3/c1-2-9-19-13(18)20-10-3-4-11-5-7-12(8-6-11)14(15,16)17/h5-8H,2,9-10H2,1H3,(H3,18,19,20). The molecule has 108 valence electrons. The summed E-state index contributed by atoms with van der Waals surface area (Å²) in [6.45, 7) is 2.92. The van der Waals surface area contributed by atoms with Gasteiger partial charge in [0.2, 0.25) is 0 Å². The van der Waals surface area contributed by atoms with Crippen LogP contribution in [0.3, 0.4) is 0 Å². The second-order valence-corrected chi connectivity index (χ2v) is 4.00. The summed E-state index contributed by atoms with van der Waals surface area (Å²) < 4.78 is 37.0. The maximum absolute atomic E-state index is 12.3. The van der Waals surface area contributed by atoms with Crippen molar-refractivity contribution in [1.82, 2.24) is 5.32 Å². The van der Waals surface area contributed by atoms with E-state index in [9.17, 15) is 13.2 Å². The molecule has 6 heteroatoms. The molecule has 0 aromatic heterocycles. The lowest BCUT2D eigenvalue weighted by molar-refractivity contribution is -0.137. The third-order valence-corrected chi connectivity index (χ3v) is 2.31. The molecule has 0 saturated carbocycles. The van der Waals surface area contributed by atoms with Crippen molar-refractivity contribution in [2.45, 2.75) is 19.5 Å². The summed E-state index contributed by atoms with van der Waals surface area (Å²) in [7, 11) is 0. The third kappa shape index (κ3) is 5.65. The van der Waals surface area contributed by atoms with Crippen molar-refractivity contribution in [3.63, 3.8) is 0 Å². The Balaban J connectivity index is 2.52. The molecular weight excluding hydrogens is 267 g/mol. The van der Waals surface area contributed by atoms with Crippen LogP contribution in [0.1, 0.15) is 24.5 Å². The van der Waals surface area contributed by atoms with E-state index < -0.39 is 11.7 Å². The van der Waals surface area contributed by atoms with E-state index in [-0.39, 0.29) is 0 Å². The van der Waals surface area contributed by atoms with E-state index in [1.54, 1.807) is 0 Å². The van der Waals surface area contributed by atoms with Crippen LogP contribution in [0.5, 0.6) is 0 Å². The van der Waals surface area contributed by atoms with Crippen molar-refractivity contribution < 1.29 is 13.2 Å². The fraction of sp³-hybridized carbons (Fsp3) is 0.357. The Labute approximate surface area is 116 Å². The summed E-state index contributed by atoms with van der Waals surface area (Å²) in [6.07, 6.45) is -3.42. The minimum atomic E-state index is -4.32. The first-order chi connectivity index (χ1) is 9.43. The number of halogens is 3. The van der Waals surface area contributed by atoms with Crippen molar-refractivity contribution in [2.24, 2.45) is 10.7 Å². The van der Waals surface area contributed by atoms with Crippen LogP contribution in [0.25, 0.3) is 0 Å². The summed E-state index contributed by atoms with van der Waals surface area (Å²) in [5, 5.41) is 2.80. The van der Waals surface area contributed by atoms with Crippen LogP contribution in [-0.2, 0) is 6.18 Å². The van der Waals surface area contributed by atoms with Crippen molar-refractivity contribution in [3.05, 3.63) is 35.4 Å². The van der Waals surface area contributed by atoms with Gasteiger partial charge >= 0.3 is 6.18 Å². The largest absolute Gasteiger partial charge is 0.416 e. The first kappa shape index (κ1) is 15.9. The zero-order chi connectivity index (χ0) is 15.0. The Hall–Kier alpha value is -2.16. The molecule has 0 saturated heterocycles. The average Bonchev–Trinajstić information content (AvgIpc) is 2.41. The molecule has 0 fully saturated rings. The molecule has 0 aliphatic carbocycles. The third-order valence-electron chi connectivity index (χ3n) is 2.31. The van der Waals surface area contributed by atoms with Gasteiger partial charge < -0.3 is 11.1 Å². The Bertz CT molecular complexity index is 507. The molecule has 0 atom stereocenters. The topological polar surface area (TPSA) is 50.4 Å². The number of aliphatic imine (C=N–C) groups is 1. The Morgan fingerprint density at radius 2 is 1.95 bits per heavy atom. The van der Waals surface area contributed by atoms with Gasteiger partial charge in [-0.2, -0.15) is 13.2 Å². The van der Waals surface area contributed by atoms with E-state index in [0.29, 0.717) is 24.6 Å². The van der Waals surface area contributed by atoms with Crippen LogP contribution >= 0.6 is 0 Å². The van der Waals surface area contributed by atoms with Gasteiger partial charge in [-0.15, -0.1) is 0 Å². The van der Waals surface area contributed by atoms with Crippen LogP contribution < -0.4 is 11.1 Å². The van der Waals surface area contributed by atoms with Gasteiger partial charge in [0.05, 0.1) is 12.1 Å². The number of nitrogens with two attached hydrogens (primary N) is 1. The molecule has 0 bridgehead atoms. The number of benzene rings is 1. The van der Waals surface area contributed by atoms with Crippen molar-refractivity contribution in [2.75, 3.05) is 13.1 Å². The molecule has 0 radical (unpaired) electrons. The van der Waals surface area contributed by atoms with E-state index in [1.165, 1.54) is 12.1 Å². The molecule has 0 unspecified atom stereocenters. The first-order valence-electron chi connectivity index (χ1n) is 6.13. The summed E-state index contributed by atoms with van der Waals surface area (Å²) in [5.74, 6) is 5.82. The normalized spacial score (nSPS) is 11.7. The molecule has 0 amide bonds. The quantitative estimate of drug-likeness (QED) is 0.508. The SMILES string of the molecule is CCCN=C(N)NCC#Cc1ccc(C(F)(F)F)cc1. The fourth-order valence-electron chi connectivity index (χ4n) is 1.31. The molecule has 20 heavy (non-hydrogen) atoms. The Kier molecular flexibility index (Phi) is 5.91. The van der Waals surface area contributed by atoms with Crippen molar-refractivity contribution in [1.29, 1.82) is 0 Å². The summed E-state index contributed by atoms with van der Waals surface area (Å²) in [5.41, 5.74) is 5.39. The highest BCUT2D eigenvalue weighted by atomic mass is 19.4. The smallest absolute Gasteiger partial charge is 0.370 e. The lowest BCUT2D eigenvalue weighted by Crippen LogP contribution is -2.32. The molecule has 1 aromatic rings. The molecule has 1 rings (SSSR count). The molecule has 0 aliphatic heterocycles. The summed E-state index contributed by atoms with van der Waals surface area (Å²) in [4.78, 5) is 4.02. The van der Waals surface area contributed by atoms with Crippen LogP contribution in [-0.4, -0.2) is 19.0 Å². The van der Waals surface area contributed by atoms with Crippen molar-refractivity contribution in [3.8, 4) is 11.8 Å². The van der Waals surface area contributed by atoms with E-state index in [2.05, 4.69) is 22.2 Å². The van der Waals surface area contributed by atoms with Crippen LogP contribution in [0, 0.1) is 11.8 Å². The monoisotopic (exact) mass is 283 g/mol. The first-order valence-corrected chi connectivity index (χ1v) is 6.13. The lowest BCUT2D eigenvalue weighted by Gasteiger charge is -2.05. The van der Waals surface area contributed by atoms with Crippen LogP contribution in [0.15, 0.2) is 29.3 Å². The van der Waals surface area contributed by atoms with Gasteiger partial charge in [-0.1, -0.05) is 18.8 Å². The molecule has 0 heterocycles. The molecule has 0 aliphatic rings. The second-order valence-electron chi connectivity index (χ2n) is 4.00. The lowest BCUT2D eigenvalue weighted by atomic mass is 10.1. The highest BCUT2D eigenvalue weighted by molar-refractivity contribution is 5.78. The van der Waals surface area contributed by atoms with Gasteiger partial charge in [-0.3, -0.25) is 4.99 Å². The summed E-state index contributed by atoms with van der Waals surface area (Å²) in [6, 6.07) is 4.69. The zero-order valence-corrected chi connectivity index (χ0v) is 11.1. The predicted octanol–water partition coefficient (Wildman–Crippen LogP) is 2.37. The minimum Gasteiger partial charge on any atom is -0.370 e. The number of alkyl halides is 3. The van der Waals surface area contributed by atoms with Crippen LogP contribution in [0.4, 0.5) is 13.2 Å². The highest BCUT2D eigenvalue weighted by Gasteiger charge is 2.29. The van der Waals surface area contributed by atoms with E-state index >= 15 is 0 Å². The Morgan fingerprint density at radius 3 is 2.50 bits per heavy atom. The van der Waals surface area contributed by atoms with E-state index in [1.807, 2.05) is 6.92 Å². The van der Waals surface area contributed by atoms with Crippen LogP contribution in [0.2, 0.25) is 0 Å². The number of guanidine groups is 1. The predicted molar refractivity (Wildman–Crippen MR) is 73.1 cm³/mol. The van der Waals surface area contributed by atoms with E-state index in [4.69, 9.17) is 5.73 Å². The number of rotatable bonds is 3. The molecular formula is C14H16F3N3. The van der Waals surface area contributed by atoms with Gasteiger partial charge in [0.1, 0.15) is 0 Å². The fourth-order valence-corrected chi connectivity index (χ4v) is 1.31. The number of hydrogen-bond donors (Lipinski definition) is 2. The zero-order valence-electron chi connectivity index (χ0n) is 11.1. The van der Waals surface area contributed by atoms with Gasteiger partial charge in [0.25, 0.3) is 0 Å². The Morgan fingerprint density at radius 1 is 1.30 bits per heavy atom. The highest BCUT2D eigenvalue weighted by Crippen LogP contribution is 2.28. The van der Waals surface area contributed by atoms with Gasteiger partial charge in [-0.25, -0.2) is 0 Å². The molecule has 1 aromatic carbocycles. The van der Waals surface area contributed by atoms with Gasteiger partial charge in [-0.05, 0) is 30.7 Å².